The average molecular weight is 430 g/mol. The van der Waals surface area contributed by atoms with Gasteiger partial charge in [-0.25, -0.2) is 18.7 Å². The molecular weight excluding hydrogens is 410 g/mol. The number of piperazine rings is 1. The standard InChI is InChI=1S/C24H20F2N6/c25-20-10-16(11-21(23(20)26)31-6-3-27-4-7-31)17-9-18-19(13-30-24(18)29-12-17)15-1-2-22-28-5-8-32(22)14-15/h1-2,5,8-14,27H,3-4,6-7H2,(H,29,30). The van der Waals surface area contributed by atoms with Crippen LogP contribution in [0.3, 0.4) is 0 Å². The second-order valence-corrected chi connectivity index (χ2v) is 7.96. The molecule has 1 aliphatic rings. The highest BCUT2D eigenvalue weighted by molar-refractivity contribution is 5.96. The summed E-state index contributed by atoms with van der Waals surface area (Å²) in [5.41, 5.74) is 5.22. The zero-order chi connectivity index (χ0) is 21.7. The third-order valence-corrected chi connectivity index (χ3v) is 6.03. The fraction of sp³-hybridized carbons (Fsp3) is 0.167. The van der Waals surface area contributed by atoms with Gasteiger partial charge in [-0.05, 0) is 35.9 Å². The third-order valence-electron chi connectivity index (χ3n) is 6.03. The summed E-state index contributed by atoms with van der Waals surface area (Å²) >= 11 is 0. The van der Waals surface area contributed by atoms with E-state index in [0.29, 0.717) is 24.3 Å². The minimum absolute atomic E-state index is 0.293. The van der Waals surface area contributed by atoms with Crippen molar-refractivity contribution in [2.24, 2.45) is 0 Å². The van der Waals surface area contributed by atoms with Crippen molar-refractivity contribution in [2.45, 2.75) is 0 Å². The Morgan fingerprint density at radius 1 is 0.938 bits per heavy atom. The van der Waals surface area contributed by atoms with Gasteiger partial charge in [-0.3, -0.25) is 0 Å². The van der Waals surface area contributed by atoms with E-state index in [1.807, 2.05) is 46.1 Å². The number of imidazole rings is 1. The molecule has 1 aliphatic heterocycles. The largest absolute Gasteiger partial charge is 0.367 e. The lowest BCUT2D eigenvalue weighted by molar-refractivity contribution is 0.500. The minimum Gasteiger partial charge on any atom is -0.367 e. The lowest BCUT2D eigenvalue weighted by atomic mass is 10.0. The van der Waals surface area contributed by atoms with E-state index in [0.717, 1.165) is 46.5 Å². The van der Waals surface area contributed by atoms with E-state index in [1.165, 1.54) is 6.07 Å². The summed E-state index contributed by atoms with van der Waals surface area (Å²) in [6.07, 6.45) is 9.27. The van der Waals surface area contributed by atoms with Gasteiger partial charge >= 0.3 is 0 Å². The zero-order valence-electron chi connectivity index (χ0n) is 17.1. The number of rotatable bonds is 3. The van der Waals surface area contributed by atoms with Crippen LogP contribution < -0.4 is 10.2 Å². The van der Waals surface area contributed by atoms with Crippen LogP contribution in [0, 0.1) is 11.6 Å². The van der Waals surface area contributed by atoms with Gasteiger partial charge in [0.15, 0.2) is 11.6 Å². The predicted octanol–water partition coefficient (Wildman–Crippen LogP) is 4.23. The van der Waals surface area contributed by atoms with E-state index in [2.05, 4.69) is 20.3 Å². The summed E-state index contributed by atoms with van der Waals surface area (Å²) in [6, 6.07) is 8.91. The molecular formula is C24H20F2N6. The van der Waals surface area contributed by atoms with Gasteiger partial charge in [0.05, 0.1) is 5.69 Å². The summed E-state index contributed by atoms with van der Waals surface area (Å²) in [5.74, 6) is -1.66. The molecule has 0 radical (unpaired) electrons. The number of hydrogen-bond acceptors (Lipinski definition) is 4. The Morgan fingerprint density at radius 2 is 1.81 bits per heavy atom. The summed E-state index contributed by atoms with van der Waals surface area (Å²) in [6.45, 7) is 2.76. The first kappa shape index (κ1) is 18.9. The average Bonchev–Trinajstić information content (AvgIpc) is 3.47. The second kappa shape index (κ2) is 7.42. The molecule has 5 heterocycles. The molecule has 32 heavy (non-hydrogen) atoms. The Hall–Kier alpha value is -3.78. The summed E-state index contributed by atoms with van der Waals surface area (Å²) in [4.78, 5) is 13.9. The number of halogens is 2. The molecule has 0 amide bonds. The number of aromatic nitrogens is 4. The van der Waals surface area contributed by atoms with Gasteiger partial charge in [0, 0.05) is 79.2 Å². The van der Waals surface area contributed by atoms with Crippen molar-refractivity contribution in [3.8, 4) is 22.3 Å². The van der Waals surface area contributed by atoms with Gasteiger partial charge in [0.25, 0.3) is 0 Å². The fourth-order valence-corrected chi connectivity index (χ4v) is 4.36. The second-order valence-electron chi connectivity index (χ2n) is 7.96. The van der Waals surface area contributed by atoms with Crippen molar-refractivity contribution in [1.29, 1.82) is 0 Å². The molecule has 2 N–H and O–H groups in total. The number of anilines is 1. The number of benzene rings is 1. The molecule has 6 rings (SSSR count). The number of hydrogen-bond donors (Lipinski definition) is 2. The highest BCUT2D eigenvalue weighted by Crippen LogP contribution is 2.34. The lowest BCUT2D eigenvalue weighted by Gasteiger charge is -2.30. The van der Waals surface area contributed by atoms with Crippen molar-refractivity contribution < 1.29 is 8.78 Å². The number of aromatic amines is 1. The monoisotopic (exact) mass is 430 g/mol. The van der Waals surface area contributed by atoms with Crippen molar-refractivity contribution in [3.05, 3.63) is 73.0 Å². The van der Waals surface area contributed by atoms with E-state index in [9.17, 15) is 8.78 Å². The first-order valence-electron chi connectivity index (χ1n) is 10.5. The SMILES string of the molecule is Fc1cc(-c2cnc3[nH]cc(-c4ccc5nccn5c4)c3c2)cc(N2CCNCC2)c1F. The Bertz CT molecular complexity index is 1450. The number of pyridine rings is 2. The lowest BCUT2D eigenvalue weighted by Crippen LogP contribution is -2.44. The molecule has 0 atom stereocenters. The topological polar surface area (TPSA) is 61.3 Å². The molecule has 8 heteroatoms. The van der Waals surface area contributed by atoms with Gasteiger partial charge < -0.3 is 19.6 Å². The molecule has 4 aromatic heterocycles. The molecule has 160 valence electrons. The van der Waals surface area contributed by atoms with Crippen LogP contribution in [-0.4, -0.2) is 45.5 Å². The van der Waals surface area contributed by atoms with Crippen LogP contribution in [-0.2, 0) is 0 Å². The number of H-pyrrole nitrogens is 1. The smallest absolute Gasteiger partial charge is 0.182 e. The maximum absolute atomic E-state index is 14.6. The Balaban J connectivity index is 1.46. The highest BCUT2D eigenvalue weighted by atomic mass is 19.2. The first-order chi connectivity index (χ1) is 15.7. The van der Waals surface area contributed by atoms with Gasteiger partial charge in [-0.15, -0.1) is 0 Å². The molecule has 1 aromatic carbocycles. The number of nitrogens with zero attached hydrogens (tertiary/aromatic N) is 4. The van der Waals surface area contributed by atoms with Crippen LogP contribution in [0.4, 0.5) is 14.5 Å². The van der Waals surface area contributed by atoms with Crippen LogP contribution in [0.15, 0.2) is 61.3 Å². The maximum atomic E-state index is 14.6. The van der Waals surface area contributed by atoms with Gasteiger partial charge in [-0.2, -0.15) is 0 Å². The summed E-state index contributed by atoms with van der Waals surface area (Å²) in [7, 11) is 0. The Morgan fingerprint density at radius 3 is 2.69 bits per heavy atom. The molecule has 0 saturated carbocycles. The maximum Gasteiger partial charge on any atom is 0.182 e. The van der Waals surface area contributed by atoms with E-state index >= 15 is 0 Å². The summed E-state index contributed by atoms with van der Waals surface area (Å²) in [5, 5.41) is 4.15. The van der Waals surface area contributed by atoms with Crippen molar-refractivity contribution in [1.82, 2.24) is 24.7 Å². The molecule has 0 aliphatic carbocycles. The van der Waals surface area contributed by atoms with Crippen LogP contribution in [0.25, 0.3) is 38.9 Å². The number of nitrogens with one attached hydrogen (secondary N) is 2. The van der Waals surface area contributed by atoms with Crippen molar-refractivity contribution >= 4 is 22.4 Å². The van der Waals surface area contributed by atoms with E-state index in [4.69, 9.17) is 0 Å². The Kier molecular flexibility index (Phi) is 4.39. The van der Waals surface area contributed by atoms with Crippen LogP contribution in [0.2, 0.25) is 0 Å². The van der Waals surface area contributed by atoms with Crippen molar-refractivity contribution in [2.75, 3.05) is 31.1 Å². The van der Waals surface area contributed by atoms with Crippen molar-refractivity contribution in [3.63, 3.8) is 0 Å². The van der Waals surface area contributed by atoms with E-state index in [1.54, 1.807) is 18.5 Å². The molecule has 0 unspecified atom stereocenters. The van der Waals surface area contributed by atoms with Gasteiger partial charge in [0.2, 0.25) is 0 Å². The molecule has 0 bridgehead atoms. The third kappa shape index (κ3) is 3.11. The summed E-state index contributed by atoms with van der Waals surface area (Å²) < 4.78 is 31.1. The molecule has 0 spiro atoms. The molecule has 1 fully saturated rings. The zero-order valence-corrected chi connectivity index (χ0v) is 17.1. The highest BCUT2D eigenvalue weighted by Gasteiger charge is 2.20. The van der Waals surface area contributed by atoms with Crippen LogP contribution in [0.1, 0.15) is 0 Å². The van der Waals surface area contributed by atoms with Crippen LogP contribution in [0.5, 0.6) is 0 Å². The van der Waals surface area contributed by atoms with Gasteiger partial charge in [0.1, 0.15) is 11.3 Å². The minimum atomic E-state index is -0.851. The van der Waals surface area contributed by atoms with Gasteiger partial charge in [-0.1, -0.05) is 0 Å². The quantitative estimate of drug-likeness (QED) is 0.450. The first-order valence-corrected chi connectivity index (χ1v) is 10.5. The van der Waals surface area contributed by atoms with E-state index < -0.39 is 11.6 Å². The predicted molar refractivity (Wildman–Crippen MR) is 121 cm³/mol. The number of fused-ring (bicyclic) bond motifs is 2. The molecule has 1 saturated heterocycles. The molecule has 6 nitrogen and oxygen atoms in total. The van der Waals surface area contributed by atoms with E-state index in [-0.39, 0.29) is 0 Å². The molecule has 5 aromatic rings. The van der Waals surface area contributed by atoms with Crippen LogP contribution >= 0.6 is 0 Å². The fourth-order valence-electron chi connectivity index (χ4n) is 4.36. The Labute approximate surface area is 182 Å². The normalized spacial score (nSPS) is 14.5.